The highest BCUT2D eigenvalue weighted by molar-refractivity contribution is 5.93. The van der Waals surface area contributed by atoms with Crippen LogP contribution in [-0.4, -0.2) is 18.4 Å². The molecule has 0 aliphatic heterocycles. The molecule has 2 N–H and O–H groups in total. The van der Waals surface area contributed by atoms with Crippen molar-refractivity contribution in [3.05, 3.63) is 29.1 Å². The van der Waals surface area contributed by atoms with Gasteiger partial charge in [0.15, 0.2) is 0 Å². The summed E-state index contributed by atoms with van der Waals surface area (Å²) in [6.07, 6.45) is 3.52. The van der Waals surface area contributed by atoms with Crippen molar-refractivity contribution in [2.45, 2.75) is 70.6 Å². The molecule has 6 heteroatoms. The van der Waals surface area contributed by atoms with Crippen molar-refractivity contribution < 1.29 is 22.7 Å². The number of benzene rings is 1. The van der Waals surface area contributed by atoms with E-state index in [0.717, 1.165) is 18.4 Å². The number of ether oxygens (including phenoxy) is 1. The molecule has 0 radical (unpaired) electrons. The summed E-state index contributed by atoms with van der Waals surface area (Å²) >= 11 is 0. The molecular formula is C20H28F3NO2. The van der Waals surface area contributed by atoms with E-state index >= 15 is 0 Å². The monoisotopic (exact) mass is 371 g/mol. The lowest BCUT2D eigenvalue weighted by Gasteiger charge is -2.28. The maximum atomic E-state index is 14.0. The molecule has 2 aliphatic rings. The lowest BCUT2D eigenvalue weighted by molar-refractivity contribution is -0.0475. The topological polar surface area (TPSA) is 52.3 Å². The van der Waals surface area contributed by atoms with Crippen molar-refractivity contribution >= 4 is 5.91 Å². The second-order valence-corrected chi connectivity index (χ2v) is 6.94. The van der Waals surface area contributed by atoms with Crippen LogP contribution in [0.3, 0.4) is 0 Å². The van der Waals surface area contributed by atoms with Gasteiger partial charge in [0, 0.05) is 18.9 Å². The highest BCUT2D eigenvalue weighted by atomic mass is 19.3. The third-order valence-electron chi connectivity index (χ3n) is 5.00. The van der Waals surface area contributed by atoms with Crippen LogP contribution in [-0.2, 0) is 0 Å². The first-order valence-electron chi connectivity index (χ1n) is 9.49. The Hall–Kier alpha value is -1.72. The molecule has 1 aromatic carbocycles. The standard InChI is InChI=1S/C18H22F3NO2.C2H6/c19-15-10-16(13(12-1-2-12)9-14(15)17(22)23)24-8-5-11-3-6-18(20,21)7-4-11;1-2/h9-12H,1-8H2,(H2,22,23);1-2H3. The van der Waals surface area contributed by atoms with Gasteiger partial charge in [0.25, 0.3) is 5.91 Å². The van der Waals surface area contributed by atoms with Crippen molar-refractivity contribution in [3.8, 4) is 5.75 Å². The molecular weight excluding hydrogens is 343 g/mol. The van der Waals surface area contributed by atoms with Crippen molar-refractivity contribution in [3.63, 3.8) is 0 Å². The van der Waals surface area contributed by atoms with Crippen molar-refractivity contribution in [1.29, 1.82) is 0 Å². The molecule has 0 saturated heterocycles. The molecule has 2 saturated carbocycles. The molecule has 26 heavy (non-hydrogen) atoms. The minimum absolute atomic E-state index is 0.0626. The first-order chi connectivity index (χ1) is 12.4. The van der Waals surface area contributed by atoms with Crippen LogP contribution in [0.25, 0.3) is 0 Å². The summed E-state index contributed by atoms with van der Waals surface area (Å²) in [6.45, 7) is 4.37. The third kappa shape index (κ3) is 5.39. The lowest BCUT2D eigenvalue weighted by Crippen LogP contribution is -2.25. The zero-order valence-corrected chi connectivity index (χ0v) is 15.5. The molecule has 3 rings (SSSR count). The van der Waals surface area contributed by atoms with Gasteiger partial charge in [-0.05, 0) is 55.6 Å². The van der Waals surface area contributed by atoms with Gasteiger partial charge in [-0.2, -0.15) is 0 Å². The number of carbonyl (C=O) groups is 1. The van der Waals surface area contributed by atoms with E-state index in [0.29, 0.717) is 31.6 Å². The molecule has 146 valence electrons. The summed E-state index contributed by atoms with van der Waals surface area (Å²) in [6, 6.07) is 2.72. The van der Waals surface area contributed by atoms with Gasteiger partial charge < -0.3 is 10.5 Å². The molecule has 0 unspecified atom stereocenters. The van der Waals surface area contributed by atoms with E-state index in [1.54, 1.807) is 0 Å². The molecule has 0 spiro atoms. The number of hydrogen-bond acceptors (Lipinski definition) is 2. The third-order valence-corrected chi connectivity index (χ3v) is 5.00. The van der Waals surface area contributed by atoms with Crippen LogP contribution >= 0.6 is 0 Å². The van der Waals surface area contributed by atoms with Gasteiger partial charge in [-0.15, -0.1) is 0 Å². The smallest absolute Gasteiger partial charge is 0.251 e. The molecule has 3 nitrogen and oxygen atoms in total. The average molecular weight is 371 g/mol. The Morgan fingerprint density at radius 1 is 1.19 bits per heavy atom. The largest absolute Gasteiger partial charge is 0.493 e. The van der Waals surface area contributed by atoms with Crippen molar-refractivity contribution in [2.24, 2.45) is 11.7 Å². The number of nitrogens with two attached hydrogens (primary N) is 1. The second-order valence-electron chi connectivity index (χ2n) is 6.94. The van der Waals surface area contributed by atoms with Crippen LogP contribution < -0.4 is 10.5 Å². The Balaban J connectivity index is 0.00000117. The van der Waals surface area contributed by atoms with Crippen LogP contribution in [0.4, 0.5) is 13.2 Å². The fourth-order valence-electron chi connectivity index (χ4n) is 3.32. The number of primary amides is 1. The van der Waals surface area contributed by atoms with Gasteiger partial charge in [-0.25, -0.2) is 13.2 Å². The first kappa shape index (κ1) is 20.6. The van der Waals surface area contributed by atoms with Crippen LogP contribution in [0.5, 0.6) is 5.75 Å². The van der Waals surface area contributed by atoms with Crippen LogP contribution in [0, 0.1) is 11.7 Å². The van der Waals surface area contributed by atoms with E-state index in [1.807, 2.05) is 13.8 Å². The summed E-state index contributed by atoms with van der Waals surface area (Å²) in [7, 11) is 0. The maximum Gasteiger partial charge on any atom is 0.251 e. The predicted octanol–water partition coefficient (Wildman–Crippen LogP) is 5.42. The zero-order valence-electron chi connectivity index (χ0n) is 15.5. The number of amides is 1. The summed E-state index contributed by atoms with van der Waals surface area (Å²) in [5.74, 6) is -3.04. The Bertz CT molecular complexity index is 620. The first-order valence-corrected chi connectivity index (χ1v) is 9.49. The van der Waals surface area contributed by atoms with Crippen LogP contribution in [0.1, 0.15) is 80.6 Å². The fourth-order valence-corrected chi connectivity index (χ4v) is 3.32. The molecule has 0 aromatic heterocycles. The number of halogens is 3. The minimum Gasteiger partial charge on any atom is -0.493 e. The zero-order chi connectivity index (χ0) is 19.3. The van der Waals surface area contributed by atoms with Gasteiger partial charge in [-0.3, -0.25) is 4.79 Å². The van der Waals surface area contributed by atoms with Crippen LogP contribution in [0.15, 0.2) is 12.1 Å². The number of carbonyl (C=O) groups excluding carboxylic acids is 1. The average Bonchev–Trinajstić information content (AvgIpc) is 3.43. The van der Waals surface area contributed by atoms with Gasteiger partial charge >= 0.3 is 0 Å². The van der Waals surface area contributed by atoms with E-state index in [1.165, 1.54) is 12.1 Å². The minimum atomic E-state index is -2.52. The quantitative estimate of drug-likeness (QED) is 0.726. The Labute approximate surface area is 153 Å². The maximum absolute atomic E-state index is 14.0. The van der Waals surface area contributed by atoms with Gasteiger partial charge in [-0.1, -0.05) is 13.8 Å². The Kier molecular flexibility index (Phi) is 6.95. The summed E-state index contributed by atoms with van der Waals surface area (Å²) in [4.78, 5) is 11.3. The molecule has 0 heterocycles. The number of alkyl halides is 2. The Morgan fingerprint density at radius 2 is 1.81 bits per heavy atom. The molecule has 0 bridgehead atoms. The van der Waals surface area contributed by atoms with E-state index in [9.17, 15) is 18.0 Å². The second kappa shape index (κ2) is 8.78. The van der Waals surface area contributed by atoms with E-state index in [2.05, 4.69) is 0 Å². The molecule has 1 amide bonds. The van der Waals surface area contributed by atoms with E-state index in [-0.39, 0.29) is 30.2 Å². The van der Waals surface area contributed by atoms with E-state index in [4.69, 9.17) is 10.5 Å². The Morgan fingerprint density at radius 3 is 2.35 bits per heavy atom. The number of rotatable bonds is 6. The predicted molar refractivity (Wildman–Crippen MR) is 95.3 cm³/mol. The molecule has 0 atom stereocenters. The van der Waals surface area contributed by atoms with Crippen LogP contribution in [0.2, 0.25) is 0 Å². The van der Waals surface area contributed by atoms with Gasteiger partial charge in [0.05, 0.1) is 12.2 Å². The molecule has 2 aliphatic carbocycles. The highest BCUT2D eigenvalue weighted by Gasteiger charge is 2.35. The normalized spacial score (nSPS) is 19.4. The van der Waals surface area contributed by atoms with Gasteiger partial charge in [0.1, 0.15) is 11.6 Å². The summed E-state index contributed by atoms with van der Waals surface area (Å²) in [5, 5.41) is 0. The molecule has 1 aromatic rings. The number of hydrogen-bond donors (Lipinski definition) is 1. The summed E-state index contributed by atoms with van der Waals surface area (Å²) in [5.41, 5.74) is 5.90. The molecule has 2 fully saturated rings. The highest BCUT2D eigenvalue weighted by Crippen LogP contribution is 2.45. The lowest BCUT2D eigenvalue weighted by atomic mass is 9.85. The summed E-state index contributed by atoms with van der Waals surface area (Å²) < 4.78 is 46.0. The SMILES string of the molecule is CC.NC(=O)c1cc(C2CC2)c(OCCC2CCC(F)(F)CC2)cc1F. The van der Waals surface area contributed by atoms with Crippen molar-refractivity contribution in [1.82, 2.24) is 0 Å². The van der Waals surface area contributed by atoms with E-state index < -0.39 is 17.6 Å². The van der Waals surface area contributed by atoms with Crippen molar-refractivity contribution in [2.75, 3.05) is 6.61 Å². The van der Waals surface area contributed by atoms with Gasteiger partial charge in [0.2, 0.25) is 5.92 Å². The fraction of sp³-hybridized carbons (Fsp3) is 0.650.